The van der Waals surface area contributed by atoms with Crippen molar-refractivity contribution in [3.8, 4) is 0 Å². The molecule has 1 aliphatic carbocycles. The van der Waals surface area contributed by atoms with Crippen molar-refractivity contribution in [3.05, 3.63) is 35.4 Å². The topological polar surface area (TPSA) is 3.24 Å². The van der Waals surface area contributed by atoms with Gasteiger partial charge in [0.05, 0.1) is 0 Å². The summed E-state index contributed by atoms with van der Waals surface area (Å²) in [6.45, 7) is 4.73. The summed E-state index contributed by atoms with van der Waals surface area (Å²) in [5, 5.41) is 0. The number of aryl methyl sites for hydroxylation is 1. The van der Waals surface area contributed by atoms with Crippen LogP contribution in [0, 0.1) is 12.8 Å². The number of hydrogen-bond acceptors (Lipinski definition) is 1. The lowest BCUT2D eigenvalue weighted by Crippen LogP contribution is -2.57. The number of hydrogen-bond donors (Lipinski definition) is 0. The summed E-state index contributed by atoms with van der Waals surface area (Å²) in [6.07, 6.45) is 2.83. The molecule has 0 aromatic heterocycles. The lowest BCUT2D eigenvalue weighted by molar-refractivity contribution is 0.0104. The molecule has 0 amide bonds. The summed E-state index contributed by atoms with van der Waals surface area (Å²) < 4.78 is 0. The number of fused-ring (bicyclic) bond motifs is 2. The first-order valence-electron chi connectivity index (χ1n) is 5.94. The molecule has 0 radical (unpaired) electrons. The van der Waals surface area contributed by atoms with Crippen LogP contribution in [0.15, 0.2) is 24.3 Å². The van der Waals surface area contributed by atoms with Crippen LogP contribution in [0.1, 0.15) is 24.0 Å². The number of rotatable bonds is 1. The van der Waals surface area contributed by atoms with Crippen LogP contribution in [0.25, 0.3) is 0 Å². The van der Waals surface area contributed by atoms with Crippen LogP contribution < -0.4 is 0 Å². The molecule has 0 spiro atoms. The van der Waals surface area contributed by atoms with Crippen molar-refractivity contribution in [1.29, 1.82) is 0 Å². The van der Waals surface area contributed by atoms with Crippen molar-refractivity contribution < 1.29 is 0 Å². The van der Waals surface area contributed by atoms with E-state index in [1.807, 2.05) is 0 Å². The molecule has 80 valence electrons. The van der Waals surface area contributed by atoms with Crippen LogP contribution in [-0.4, -0.2) is 25.0 Å². The van der Waals surface area contributed by atoms with Gasteiger partial charge >= 0.3 is 0 Å². The van der Waals surface area contributed by atoms with Gasteiger partial charge in [0, 0.05) is 18.5 Å². The third-order valence-corrected chi connectivity index (χ3v) is 4.17. The molecule has 1 heteroatoms. The number of nitrogens with zero attached hydrogens (tertiary/aromatic N) is 1. The Bertz CT molecular complexity index is 359. The SMILES string of the molecule is Cc1ccc(C23CC(CN(C)C2)C3)cc1. The van der Waals surface area contributed by atoms with Crippen LogP contribution >= 0.6 is 0 Å². The maximum Gasteiger partial charge on any atom is 0.00864 e. The second-order valence-corrected chi connectivity index (χ2v) is 5.62. The van der Waals surface area contributed by atoms with E-state index in [9.17, 15) is 0 Å². The third kappa shape index (κ3) is 1.41. The van der Waals surface area contributed by atoms with Gasteiger partial charge in [0.1, 0.15) is 0 Å². The van der Waals surface area contributed by atoms with E-state index < -0.39 is 0 Å². The molecule has 3 aliphatic rings. The van der Waals surface area contributed by atoms with E-state index in [2.05, 4.69) is 43.1 Å². The van der Waals surface area contributed by atoms with Crippen molar-refractivity contribution in [1.82, 2.24) is 4.90 Å². The normalized spacial score (nSPS) is 34.9. The Labute approximate surface area is 92.1 Å². The monoisotopic (exact) mass is 201 g/mol. The van der Waals surface area contributed by atoms with E-state index in [0.717, 1.165) is 5.92 Å². The van der Waals surface area contributed by atoms with Gasteiger partial charge in [-0.15, -0.1) is 0 Å². The van der Waals surface area contributed by atoms with Crippen LogP contribution in [0.4, 0.5) is 0 Å². The van der Waals surface area contributed by atoms with Crippen LogP contribution in [0.5, 0.6) is 0 Å². The first-order valence-corrected chi connectivity index (χ1v) is 5.94. The summed E-state index contributed by atoms with van der Waals surface area (Å²) in [5.74, 6) is 0.963. The van der Waals surface area contributed by atoms with Gasteiger partial charge in [0.15, 0.2) is 0 Å². The highest BCUT2D eigenvalue weighted by molar-refractivity contribution is 5.33. The maximum absolute atomic E-state index is 2.50. The van der Waals surface area contributed by atoms with E-state index in [1.54, 1.807) is 5.56 Å². The Morgan fingerprint density at radius 3 is 2.47 bits per heavy atom. The molecule has 2 aliphatic heterocycles. The molecule has 2 heterocycles. The highest BCUT2D eigenvalue weighted by atomic mass is 15.1. The van der Waals surface area contributed by atoms with Gasteiger partial charge in [-0.25, -0.2) is 0 Å². The third-order valence-electron chi connectivity index (χ3n) is 4.17. The van der Waals surface area contributed by atoms with Gasteiger partial charge in [0.25, 0.3) is 0 Å². The summed E-state index contributed by atoms with van der Waals surface area (Å²) in [7, 11) is 2.26. The molecular weight excluding hydrogens is 182 g/mol. The summed E-state index contributed by atoms with van der Waals surface area (Å²) in [6, 6.07) is 9.19. The van der Waals surface area contributed by atoms with E-state index in [4.69, 9.17) is 0 Å². The minimum atomic E-state index is 0.505. The van der Waals surface area contributed by atoms with E-state index in [1.165, 1.54) is 31.5 Å². The average Bonchev–Trinajstić information content (AvgIpc) is 2.16. The second kappa shape index (κ2) is 3.08. The van der Waals surface area contributed by atoms with Gasteiger partial charge in [-0.3, -0.25) is 0 Å². The molecule has 0 atom stereocenters. The molecule has 1 aromatic carbocycles. The molecule has 2 bridgehead atoms. The lowest BCUT2D eigenvalue weighted by Gasteiger charge is -2.56. The van der Waals surface area contributed by atoms with E-state index in [-0.39, 0.29) is 0 Å². The van der Waals surface area contributed by atoms with Gasteiger partial charge in [0.2, 0.25) is 0 Å². The molecule has 3 fully saturated rings. The van der Waals surface area contributed by atoms with Crippen LogP contribution in [-0.2, 0) is 5.41 Å². The predicted octanol–water partition coefficient (Wildman–Crippen LogP) is 2.59. The quantitative estimate of drug-likeness (QED) is 0.675. The fourth-order valence-corrected chi connectivity index (χ4v) is 3.56. The standard InChI is InChI=1S/C14H19N/c1-11-3-5-13(6-4-11)14-7-12(8-14)9-15(2)10-14/h3-6,12H,7-10H2,1-2H3. The molecule has 0 N–H and O–H groups in total. The minimum absolute atomic E-state index is 0.505. The Kier molecular flexibility index (Phi) is 1.93. The van der Waals surface area contributed by atoms with Crippen molar-refractivity contribution >= 4 is 0 Å². The van der Waals surface area contributed by atoms with Crippen molar-refractivity contribution in [2.24, 2.45) is 5.92 Å². The van der Waals surface area contributed by atoms with E-state index in [0.29, 0.717) is 5.41 Å². The van der Waals surface area contributed by atoms with Crippen molar-refractivity contribution in [2.45, 2.75) is 25.2 Å². The summed E-state index contributed by atoms with van der Waals surface area (Å²) in [5.41, 5.74) is 3.44. The smallest absolute Gasteiger partial charge is 0.00864 e. The molecule has 0 unspecified atom stereocenters. The summed E-state index contributed by atoms with van der Waals surface area (Å²) >= 11 is 0. The number of benzene rings is 1. The van der Waals surface area contributed by atoms with Crippen molar-refractivity contribution in [2.75, 3.05) is 20.1 Å². The lowest BCUT2D eigenvalue weighted by atomic mass is 9.56. The van der Waals surface area contributed by atoms with Crippen molar-refractivity contribution in [3.63, 3.8) is 0 Å². The zero-order valence-electron chi connectivity index (χ0n) is 9.66. The molecule has 4 rings (SSSR count). The Morgan fingerprint density at radius 1 is 1.20 bits per heavy atom. The minimum Gasteiger partial charge on any atom is -0.305 e. The highest BCUT2D eigenvalue weighted by Gasteiger charge is 2.49. The zero-order chi connectivity index (χ0) is 10.5. The molecule has 1 nitrogen and oxygen atoms in total. The second-order valence-electron chi connectivity index (χ2n) is 5.62. The molecule has 2 saturated heterocycles. The number of piperidine rings is 2. The average molecular weight is 201 g/mol. The van der Waals surface area contributed by atoms with E-state index >= 15 is 0 Å². The van der Waals surface area contributed by atoms with Gasteiger partial charge < -0.3 is 4.90 Å². The Hall–Kier alpha value is -0.820. The summed E-state index contributed by atoms with van der Waals surface area (Å²) in [4.78, 5) is 2.50. The predicted molar refractivity (Wildman–Crippen MR) is 63.1 cm³/mol. The molecule has 15 heavy (non-hydrogen) atoms. The largest absolute Gasteiger partial charge is 0.305 e. The molecular formula is C14H19N. The Morgan fingerprint density at radius 2 is 1.87 bits per heavy atom. The maximum atomic E-state index is 2.50. The zero-order valence-corrected chi connectivity index (χ0v) is 9.66. The molecule has 1 aromatic rings. The van der Waals surface area contributed by atoms with Crippen LogP contribution in [0.2, 0.25) is 0 Å². The van der Waals surface area contributed by atoms with Gasteiger partial charge in [-0.05, 0) is 38.3 Å². The molecule has 1 saturated carbocycles. The first-order chi connectivity index (χ1) is 7.18. The first kappa shape index (κ1) is 9.41. The van der Waals surface area contributed by atoms with Gasteiger partial charge in [-0.1, -0.05) is 29.8 Å². The van der Waals surface area contributed by atoms with Crippen LogP contribution in [0.3, 0.4) is 0 Å². The fourth-order valence-electron chi connectivity index (χ4n) is 3.56. The van der Waals surface area contributed by atoms with Gasteiger partial charge in [-0.2, -0.15) is 0 Å². The fraction of sp³-hybridized carbons (Fsp3) is 0.571. The number of likely N-dealkylation sites (N-methyl/N-ethyl adjacent to an activating group) is 1. The Balaban J connectivity index is 1.90. The highest BCUT2D eigenvalue weighted by Crippen LogP contribution is 2.51.